The van der Waals surface area contributed by atoms with Crippen molar-refractivity contribution in [1.29, 1.82) is 0 Å². The van der Waals surface area contributed by atoms with Gasteiger partial charge in [-0.25, -0.2) is 0 Å². The van der Waals surface area contributed by atoms with Crippen LogP contribution < -0.4 is 10.6 Å². The minimum Gasteiger partial charge on any atom is -0.507 e. The molecule has 7 heteroatoms. The van der Waals surface area contributed by atoms with E-state index in [0.717, 1.165) is 7.14 Å². The molecular weight excluding hydrogens is 570 g/mol. The molecule has 0 unspecified atom stereocenters. The van der Waals surface area contributed by atoms with E-state index in [0.29, 0.717) is 11.4 Å². The van der Waals surface area contributed by atoms with E-state index in [1.807, 2.05) is 36.4 Å². The summed E-state index contributed by atoms with van der Waals surface area (Å²) >= 11 is 4.24. The van der Waals surface area contributed by atoms with Crippen LogP contribution in [-0.2, 0) is 0 Å². The third-order valence-corrected chi connectivity index (χ3v) is 5.63. The molecule has 0 aromatic heterocycles. The number of rotatable bonds is 4. The van der Waals surface area contributed by atoms with E-state index >= 15 is 0 Å². The molecule has 0 spiro atoms. The molecule has 0 aliphatic rings. The average molecular weight is 584 g/mol. The number of aromatic hydroxyl groups is 1. The minimum absolute atomic E-state index is 0.0325. The Morgan fingerprint density at radius 1 is 0.741 bits per heavy atom. The molecule has 0 aliphatic carbocycles. The molecule has 0 fully saturated rings. The molecule has 3 N–H and O–H groups in total. The van der Waals surface area contributed by atoms with Crippen LogP contribution >= 0.6 is 45.2 Å². The van der Waals surface area contributed by atoms with E-state index in [-0.39, 0.29) is 22.8 Å². The van der Waals surface area contributed by atoms with Gasteiger partial charge in [0.1, 0.15) is 5.75 Å². The highest BCUT2D eigenvalue weighted by Crippen LogP contribution is 2.24. The highest BCUT2D eigenvalue weighted by atomic mass is 127. The Hall–Kier alpha value is -2.14. The lowest BCUT2D eigenvalue weighted by atomic mass is 10.1. The summed E-state index contributed by atoms with van der Waals surface area (Å²) in [6, 6.07) is 18.9. The van der Waals surface area contributed by atoms with Gasteiger partial charge < -0.3 is 15.7 Å². The highest BCUT2D eigenvalue weighted by Gasteiger charge is 2.16. The normalized spacial score (nSPS) is 10.3. The van der Waals surface area contributed by atoms with E-state index in [4.69, 9.17) is 0 Å². The number of nitrogens with one attached hydrogen (secondary N) is 2. The van der Waals surface area contributed by atoms with Crippen molar-refractivity contribution in [3.63, 3.8) is 0 Å². The summed E-state index contributed by atoms with van der Waals surface area (Å²) in [5, 5.41) is 15.6. The SMILES string of the molecule is O=C(Nc1ccccc1I)c1ccc(O)c(C(=O)Nc2ccccc2I)c1. The van der Waals surface area contributed by atoms with Crippen LogP contribution in [0, 0.1) is 7.14 Å². The van der Waals surface area contributed by atoms with Crippen LogP contribution in [0.15, 0.2) is 66.7 Å². The van der Waals surface area contributed by atoms with Crippen LogP contribution in [-0.4, -0.2) is 16.9 Å². The Kier molecular flexibility index (Phi) is 6.32. The van der Waals surface area contributed by atoms with Gasteiger partial charge in [-0.1, -0.05) is 24.3 Å². The van der Waals surface area contributed by atoms with Crippen LogP contribution in [0.1, 0.15) is 20.7 Å². The van der Waals surface area contributed by atoms with Crippen molar-refractivity contribution < 1.29 is 14.7 Å². The third kappa shape index (κ3) is 4.78. The lowest BCUT2D eigenvalue weighted by Crippen LogP contribution is -2.16. The van der Waals surface area contributed by atoms with Gasteiger partial charge in [0, 0.05) is 12.7 Å². The molecule has 0 saturated heterocycles. The second kappa shape index (κ2) is 8.70. The topological polar surface area (TPSA) is 78.4 Å². The van der Waals surface area contributed by atoms with Gasteiger partial charge in [0.05, 0.1) is 16.9 Å². The van der Waals surface area contributed by atoms with Crippen molar-refractivity contribution in [1.82, 2.24) is 0 Å². The Morgan fingerprint density at radius 3 is 1.81 bits per heavy atom. The fourth-order valence-corrected chi connectivity index (χ4v) is 3.41. The molecule has 5 nitrogen and oxygen atoms in total. The lowest BCUT2D eigenvalue weighted by molar-refractivity contribution is 0.102. The number of amides is 2. The number of phenolic OH excluding ortho intramolecular Hbond substituents is 1. The first-order valence-corrected chi connectivity index (χ1v) is 10.1. The second-order valence-electron chi connectivity index (χ2n) is 5.60. The molecule has 2 amide bonds. The lowest BCUT2D eigenvalue weighted by Gasteiger charge is -2.11. The zero-order valence-electron chi connectivity index (χ0n) is 13.9. The zero-order valence-corrected chi connectivity index (χ0v) is 18.2. The fourth-order valence-electron chi connectivity index (χ4n) is 2.37. The maximum Gasteiger partial charge on any atom is 0.259 e. The largest absolute Gasteiger partial charge is 0.507 e. The molecule has 0 radical (unpaired) electrons. The molecule has 0 heterocycles. The van der Waals surface area contributed by atoms with E-state index in [2.05, 4.69) is 55.8 Å². The maximum absolute atomic E-state index is 12.6. The van der Waals surface area contributed by atoms with Crippen molar-refractivity contribution in [2.24, 2.45) is 0 Å². The number of anilines is 2. The average Bonchev–Trinajstić information content (AvgIpc) is 2.65. The zero-order chi connectivity index (χ0) is 19.4. The number of carbonyl (C=O) groups excluding carboxylic acids is 2. The molecule has 3 aromatic carbocycles. The number of para-hydroxylation sites is 2. The number of hydrogen-bond donors (Lipinski definition) is 3. The van der Waals surface area contributed by atoms with Crippen LogP contribution in [0.25, 0.3) is 0 Å². The van der Waals surface area contributed by atoms with Crippen LogP contribution in [0.2, 0.25) is 0 Å². The Balaban J connectivity index is 1.83. The third-order valence-electron chi connectivity index (χ3n) is 3.75. The summed E-state index contributed by atoms with van der Waals surface area (Å²) in [4.78, 5) is 25.1. The van der Waals surface area contributed by atoms with Gasteiger partial charge in [0.2, 0.25) is 0 Å². The van der Waals surface area contributed by atoms with E-state index in [9.17, 15) is 14.7 Å². The van der Waals surface area contributed by atoms with Gasteiger partial charge in [0.15, 0.2) is 0 Å². The van der Waals surface area contributed by atoms with Crippen molar-refractivity contribution in [3.8, 4) is 5.75 Å². The number of benzene rings is 3. The smallest absolute Gasteiger partial charge is 0.259 e. The first kappa shape index (κ1) is 19.6. The molecule has 0 aliphatic heterocycles. The molecule has 0 saturated carbocycles. The number of carbonyl (C=O) groups is 2. The monoisotopic (exact) mass is 584 g/mol. The van der Waals surface area contributed by atoms with Crippen molar-refractivity contribution in [2.45, 2.75) is 0 Å². The quantitative estimate of drug-likeness (QED) is 0.374. The maximum atomic E-state index is 12.6. The highest BCUT2D eigenvalue weighted by molar-refractivity contribution is 14.1. The summed E-state index contributed by atoms with van der Waals surface area (Å²) in [5.41, 5.74) is 1.63. The van der Waals surface area contributed by atoms with Gasteiger partial charge in [-0.2, -0.15) is 0 Å². The standard InChI is InChI=1S/C20H14I2N2O3/c21-14-5-1-3-7-16(14)23-19(26)12-9-10-18(25)13(11-12)20(27)24-17-8-4-2-6-15(17)22/h1-11,25H,(H,23,26)(H,24,27). The summed E-state index contributed by atoms with van der Waals surface area (Å²) in [5.74, 6) is -1.03. The summed E-state index contributed by atoms with van der Waals surface area (Å²) in [6.45, 7) is 0. The Morgan fingerprint density at radius 2 is 1.26 bits per heavy atom. The van der Waals surface area contributed by atoms with Gasteiger partial charge in [-0.05, 0) is 87.6 Å². The molecule has 27 heavy (non-hydrogen) atoms. The predicted octanol–water partition coefficient (Wildman–Crippen LogP) is 5.11. The van der Waals surface area contributed by atoms with Crippen molar-refractivity contribution >= 4 is 68.4 Å². The summed E-state index contributed by atoms with van der Waals surface area (Å²) in [7, 11) is 0. The van der Waals surface area contributed by atoms with E-state index < -0.39 is 5.91 Å². The number of hydrogen-bond acceptors (Lipinski definition) is 3. The molecular formula is C20H14I2N2O3. The molecule has 136 valence electrons. The van der Waals surface area contributed by atoms with E-state index in [1.54, 1.807) is 12.1 Å². The fraction of sp³-hybridized carbons (Fsp3) is 0. The predicted molar refractivity (Wildman–Crippen MR) is 122 cm³/mol. The number of phenols is 1. The van der Waals surface area contributed by atoms with Gasteiger partial charge in [-0.3, -0.25) is 9.59 Å². The Bertz CT molecular complexity index is 1020. The molecule has 0 bridgehead atoms. The Labute approximate surface area is 183 Å². The molecule has 3 rings (SSSR count). The first-order chi connectivity index (χ1) is 13.0. The van der Waals surface area contributed by atoms with Crippen LogP contribution in [0.5, 0.6) is 5.75 Å². The van der Waals surface area contributed by atoms with Crippen molar-refractivity contribution in [2.75, 3.05) is 10.6 Å². The van der Waals surface area contributed by atoms with Crippen molar-refractivity contribution in [3.05, 3.63) is 85.0 Å². The van der Waals surface area contributed by atoms with Crippen LogP contribution in [0.4, 0.5) is 11.4 Å². The summed E-state index contributed by atoms with van der Waals surface area (Å²) in [6.07, 6.45) is 0. The minimum atomic E-state index is -0.486. The van der Waals surface area contributed by atoms with E-state index in [1.165, 1.54) is 18.2 Å². The molecule has 0 atom stereocenters. The number of halogens is 2. The molecule has 3 aromatic rings. The van der Waals surface area contributed by atoms with Crippen LogP contribution in [0.3, 0.4) is 0 Å². The van der Waals surface area contributed by atoms with Gasteiger partial charge >= 0.3 is 0 Å². The second-order valence-corrected chi connectivity index (χ2v) is 7.92. The van der Waals surface area contributed by atoms with Gasteiger partial charge in [-0.15, -0.1) is 0 Å². The van der Waals surface area contributed by atoms with Gasteiger partial charge in [0.25, 0.3) is 11.8 Å². The summed E-state index contributed by atoms with van der Waals surface area (Å²) < 4.78 is 1.77. The first-order valence-electron chi connectivity index (χ1n) is 7.90.